The van der Waals surface area contributed by atoms with Gasteiger partial charge in [-0.2, -0.15) is 0 Å². The maximum absolute atomic E-state index is 12.3. The van der Waals surface area contributed by atoms with Gasteiger partial charge in [0.25, 0.3) is 0 Å². The highest BCUT2D eigenvalue weighted by molar-refractivity contribution is 7.89. The number of hydrogen-bond acceptors (Lipinski definition) is 4. The molecular formula is C15H24N2O3S. The molecular weight excluding hydrogens is 288 g/mol. The van der Waals surface area contributed by atoms with E-state index in [1.807, 2.05) is 6.07 Å². The summed E-state index contributed by atoms with van der Waals surface area (Å²) >= 11 is 0. The van der Waals surface area contributed by atoms with E-state index < -0.39 is 10.0 Å². The minimum absolute atomic E-state index is 0.0122. The summed E-state index contributed by atoms with van der Waals surface area (Å²) in [6.07, 6.45) is 2.73. The van der Waals surface area contributed by atoms with E-state index in [1.165, 1.54) is 0 Å². The van der Waals surface area contributed by atoms with E-state index in [2.05, 4.69) is 17.0 Å². The Bertz CT molecular complexity index is 554. The van der Waals surface area contributed by atoms with E-state index in [0.717, 1.165) is 31.4 Å². The van der Waals surface area contributed by atoms with Gasteiger partial charge in [0, 0.05) is 19.7 Å². The van der Waals surface area contributed by atoms with E-state index in [-0.39, 0.29) is 12.1 Å². The molecule has 0 spiro atoms. The van der Waals surface area contributed by atoms with Gasteiger partial charge < -0.3 is 10.1 Å². The fraction of sp³-hybridized carbons (Fsp3) is 0.600. The Morgan fingerprint density at radius 2 is 2.10 bits per heavy atom. The van der Waals surface area contributed by atoms with Gasteiger partial charge in [0.15, 0.2) is 0 Å². The molecule has 6 heteroatoms. The van der Waals surface area contributed by atoms with Crippen LogP contribution in [0.2, 0.25) is 0 Å². The molecule has 118 valence electrons. The number of hydrogen-bond donors (Lipinski definition) is 2. The van der Waals surface area contributed by atoms with Crippen LogP contribution in [0.3, 0.4) is 0 Å². The average molecular weight is 312 g/mol. The molecule has 0 atom stereocenters. The molecule has 1 aliphatic rings. The lowest BCUT2D eigenvalue weighted by Crippen LogP contribution is -2.47. The van der Waals surface area contributed by atoms with Crippen LogP contribution < -0.4 is 10.0 Å². The zero-order chi connectivity index (χ0) is 15.3. The van der Waals surface area contributed by atoms with Crippen LogP contribution in [0.25, 0.3) is 0 Å². The first kappa shape index (κ1) is 16.4. The van der Waals surface area contributed by atoms with E-state index in [9.17, 15) is 8.42 Å². The molecule has 0 radical (unpaired) electrons. The summed E-state index contributed by atoms with van der Waals surface area (Å²) in [6.45, 7) is 3.71. The maximum atomic E-state index is 12.3. The molecule has 2 rings (SSSR count). The zero-order valence-electron chi connectivity index (χ0n) is 12.6. The Hall–Kier alpha value is -0.950. The minimum atomic E-state index is -3.44. The summed E-state index contributed by atoms with van der Waals surface area (Å²) in [6, 6.07) is 7.08. The number of sulfonamides is 1. The fourth-order valence-corrected chi connectivity index (χ4v) is 3.71. The van der Waals surface area contributed by atoms with Crippen molar-refractivity contribution in [3.63, 3.8) is 0 Å². The lowest BCUT2D eigenvalue weighted by Gasteiger charge is -2.34. The lowest BCUT2D eigenvalue weighted by atomic mass is 9.90. The fourth-order valence-electron chi connectivity index (χ4n) is 2.37. The molecule has 0 heterocycles. The van der Waals surface area contributed by atoms with Gasteiger partial charge in [-0.25, -0.2) is 13.1 Å². The van der Waals surface area contributed by atoms with Crippen molar-refractivity contribution in [2.45, 2.75) is 49.8 Å². The highest BCUT2D eigenvalue weighted by Gasteiger charge is 2.32. The van der Waals surface area contributed by atoms with Crippen LogP contribution in [-0.4, -0.2) is 34.2 Å². The van der Waals surface area contributed by atoms with E-state index in [1.54, 1.807) is 25.3 Å². The largest absolute Gasteiger partial charge is 0.381 e. The molecule has 1 aromatic rings. The van der Waals surface area contributed by atoms with Crippen molar-refractivity contribution >= 4 is 10.0 Å². The van der Waals surface area contributed by atoms with Gasteiger partial charge in [-0.05, 0) is 43.5 Å². The number of ether oxygens (including phenoxy) is 1. The Morgan fingerprint density at radius 3 is 2.76 bits per heavy atom. The molecule has 1 saturated carbocycles. The van der Waals surface area contributed by atoms with E-state index >= 15 is 0 Å². The second-order valence-corrected chi connectivity index (χ2v) is 7.19. The number of nitrogens with one attached hydrogen (secondary N) is 2. The van der Waals surface area contributed by atoms with Gasteiger partial charge in [0.1, 0.15) is 0 Å². The van der Waals surface area contributed by atoms with Gasteiger partial charge in [-0.3, -0.25) is 0 Å². The highest BCUT2D eigenvalue weighted by Crippen LogP contribution is 2.24. The number of benzene rings is 1. The van der Waals surface area contributed by atoms with Crippen LogP contribution in [0.15, 0.2) is 29.2 Å². The van der Waals surface area contributed by atoms with Crippen molar-refractivity contribution in [3.05, 3.63) is 29.8 Å². The van der Waals surface area contributed by atoms with Crippen LogP contribution in [-0.2, 0) is 21.3 Å². The molecule has 0 bridgehead atoms. The third-order valence-electron chi connectivity index (χ3n) is 3.71. The monoisotopic (exact) mass is 312 g/mol. The summed E-state index contributed by atoms with van der Waals surface area (Å²) in [5, 5.41) is 3.27. The maximum Gasteiger partial charge on any atom is 0.240 e. The van der Waals surface area contributed by atoms with Crippen LogP contribution in [0, 0.1) is 0 Å². The van der Waals surface area contributed by atoms with Crippen molar-refractivity contribution in [2.75, 3.05) is 13.7 Å². The Kier molecular flexibility index (Phi) is 5.75. The first-order chi connectivity index (χ1) is 10.0. The molecule has 1 aromatic carbocycles. The summed E-state index contributed by atoms with van der Waals surface area (Å²) in [5.74, 6) is 0. The molecule has 1 fully saturated rings. The predicted octanol–water partition coefficient (Wildman–Crippen LogP) is 1.64. The van der Waals surface area contributed by atoms with Gasteiger partial charge in [0.05, 0.1) is 11.0 Å². The standard InChI is InChI=1S/C15H24N2O3S/c1-3-7-16-11-12-5-4-6-15(8-12)21(18,19)17-13-9-14(10-13)20-2/h4-6,8,13-14,16-17H,3,7,9-11H2,1-2H3. The first-order valence-electron chi connectivity index (χ1n) is 7.40. The van der Waals surface area contributed by atoms with Crippen LogP contribution in [0.4, 0.5) is 0 Å². The molecule has 0 saturated heterocycles. The Labute approximate surface area is 127 Å². The summed E-state index contributed by atoms with van der Waals surface area (Å²) in [7, 11) is -1.78. The first-order valence-corrected chi connectivity index (χ1v) is 8.88. The molecule has 5 nitrogen and oxygen atoms in total. The molecule has 0 aromatic heterocycles. The summed E-state index contributed by atoms with van der Waals surface area (Å²) in [4.78, 5) is 0.333. The van der Waals surface area contributed by atoms with E-state index in [4.69, 9.17) is 4.74 Å². The van der Waals surface area contributed by atoms with Crippen LogP contribution in [0.5, 0.6) is 0 Å². The molecule has 1 aliphatic carbocycles. The van der Waals surface area contributed by atoms with Crippen LogP contribution in [0.1, 0.15) is 31.7 Å². The number of methoxy groups -OCH3 is 1. The molecule has 0 aliphatic heterocycles. The van der Waals surface area contributed by atoms with Crippen molar-refractivity contribution in [2.24, 2.45) is 0 Å². The lowest BCUT2D eigenvalue weighted by molar-refractivity contribution is 0.0236. The molecule has 0 amide bonds. The van der Waals surface area contributed by atoms with Crippen molar-refractivity contribution in [3.8, 4) is 0 Å². The predicted molar refractivity (Wildman–Crippen MR) is 82.6 cm³/mol. The second-order valence-electron chi connectivity index (χ2n) is 5.47. The molecule has 0 unspecified atom stereocenters. The van der Waals surface area contributed by atoms with Crippen molar-refractivity contribution in [1.29, 1.82) is 0 Å². The summed E-state index contributed by atoms with van der Waals surface area (Å²) in [5.41, 5.74) is 0.981. The third kappa shape index (κ3) is 4.51. The van der Waals surface area contributed by atoms with Gasteiger partial charge in [-0.1, -0.05) is 19.1 Å². The minimum Gasteiger partial charge on any atom is -0.381 e. The number of rotatable bonds is 8. The second kappa shape index (κ2) is 7.35. The Morgan fingerprint density at radius 1 is 1.33 bits per heavy atom. The Balaban J connectivity index is 1.97. The summed E-state index contributed by atoms with van der Waals surface area (Å²) < 4.78 is 32.6. The van der Waals surface area contributed by atoms with Gasteiger partial charge >= 0.3 is 0 Å². The average Bonchev–Trinajstić information content (AvgIpc) is 2.43. The quantitative estimate of drug-likeness (QED) is 0.716. The van der Waals surface area contributed by atoms with Crippen molar-refractivity contribution < 1.29 is 13.2 Å². The topological polar surface area (TPSA) is 67.4 Å². The molecule has 2 N–H and O–H groups in total. The van der Waals surface area contributed by atoms with Crippen LogP contribution >= 0.6 is 0 Å². The van der Waals surface area contributed by atoms with E-state index in [0.29, 0.717) is 11.4 Å². The molecule has 21 heavy (non-hydrogen) atoms. The van der Waals surface area contributed by atoms with Gasteiger partial charge in [-0.15, -0.1) is 0 Å². The van der Waals surface area contributed by atoms with Gasteiger partial charge in [0.2, 0.25) is 10.0 Å². The third-order valence-corrected chi connectivity index (χ3v) is 5.23. The normalized spacial score (nSPS) is 22.0. The SMILES string of the molecule is CCCNCc1cccc(S(=O)(=O)NC2CC(OC)C2)c1. The smallest absolute Gasteiger partial charge is 0.240 e. The zero-order valence-corrected chi connectivity index (χ0v) is 13.4. The van der Waals surface area contributed by atoms with Crippen molar-refractivity contribution in [1.82, 2.24) is 10.0 Å². The highest BCUT2D eigenvalue weighted by atomic mass is 32.2.